The van der Waals surface area contributed by atoms with Gasteiger partial charge in [-0.15, -0.1) is 0 Å². The van der Waals surface area contributed by atoms with Crippen LogP contribution in [-0.4, -0.2) is 24.1 Å². The first-order valence-electron chi connectivity index (χ1n) is 7.77. The van der Waals surface area contributed by atoms with Gasteiger partial charge in [0.15, 0.2) is 17.3 Å². The maximum Gasteiger partial charge on any atom is 0.387 e. The summed E-state index contributed by atoms with van der Waals surface area (Å²) in [6, 6.07) is 9.34. The summed E-state index contributed by atoms with van der Waals surface area (Å²) >= 11 is 0. The number of benzene rings is 2. The molecule has 1 N–H and O–H groups in total. The lowest BCUT2D eigenvalue weighted by Gasteiger charge is -2.12. The lowest BCUT2D eigenvalue weighted by atomic mass is 10.1. The van der Waals surface area contributed by atoms with Gasteiger partial charge in [0.1, 0.15) is 5.75 Å². The SMILES string of the molecule is CCOc1cc(/C=C2\Cc3c(O)cccc3C2=O)ccc1OC(F)F. The molecule has 2 aromatic rings. The number of allylic oxidation sites excluding steroid dienone is 1. The molecule has 0 aromatic heterocycles. The van der Waals surface area contributed by atoms with Gasteiger partial charge in [0, 0.05) is 23.1 Å². The maximum atomic E-state index is 12.5. The van der Waals surface area contributed by atoms with Crippen LogP contribution in [0.1, 0.15) is 28.4 Å². The molecule has 0 amide bonds. The Morgan fingerprint density at radius 1 is 1.24 bits per heavy atom. The number of hydrogen-bond acceptors (Lipinski definition) is 4. The molecule has 0 atom stereocenters. The smallest absolute Gasteiger partial charge is 0.387 e. The van der Waals surface area contributed by atoms with Gasteiger partial charge in [0.05, 0.1) is 6.61 Å². The predicted octanol–water partition coefficient (Wildman–Crippen LogP) is 4.21. The molecule has 1 aliphatic carbocycles. The van der Waals surface area contributed by atoms with E-state index in [1.54, 1.807) is 43.3 Å². The molecule has 0 heterocycles. The van der Waals surface area contributed by atoms with Gasteiger partial charge in [0.2, 0.25) is 0 Å². The highest BCUT2D eigenvalue weighted by molar-refractivity contribution is 6.16. The minimum Gasteiger partial charge on any atom is -0.508 e. The Morgan fingerprint density at radius 3 is 2.72 bits per heavy atom. The molecule has 25 heavy (non-hydrogen) atoms. The maximum absolute atomic E-state index is 12.5. The molecule has 3 rings (SSSR count). The minimum absolute atomic E-state index is 0.0577. The summed E-state index contributed by atoms with van der Waals surface area (Å²) in [4.78, 5) is 12.4. The van der Waals surface area contributed by atoms with Crippen molar-refractivity contribution < 1.29 is 28.2 Å². The first-order valence-corrected chi connectivity index (χ1v) is 7.77. The van der Waals surface area contributed by atoms with Crippen molar-refractivity contribution in [2.75, 3.05) is 6.61 Å². The summed E-state index contributed by atoms with van der Waals surface area (Å²) < 4.78 is 34.7. The molecule has 0 saturated carbocycles. The van der Waals surface area contributed by atoms with E-state index in [9.17, 15) is 18.7 Å². The van der Waals surface area contributed by atoms with E-state index in [1.165, 1.54) is 6.07 Å². The molecule has 130 valence electrons. The van der Waals surface area contributed by atoms with Crippen LogP contribution < -0.4 is 9.47 Å². The summed E-state index contributed by atoms with van der Waals surface area (Å²) in [6.07, 6.45) is 1.98. The summed E-state index contributed by atoms with van der Waals surface area (Å²) in [5, 5.41) is 9.88. The highest BCUT2D eigenvalue weighted by Crippen LogP contribution is 2.35. The Balaban J connectivity index is 1.93. The number of halogens is 2. The Kier molecular flexibility index (Phi) is 4.70. The molecule has 4 nitrogen and oxygen atoms in total. The minimum atomic E-state index is -2.95. The summed E-state index contributed by atoms with van der Waals surface area (Å²) in [5.74, 6) is 0.0577. The summed E-state index contributed by atoms with van der Waals surface area (Å²) in [5.41, 5.74) is 2.22. The van der Waals surface area contributed by atoms with Gasteiger partial charge in [-0.05, 0) is 36.8 Å². The zero-order valence-electron chi connectivity index (χ0n) is 13.5. The first kappa shape index (κ1) is 17.0. The lowest BCUT2D eigenvalue weighted by Crippen LogP contribution is -2.04. The van der Waals surface area contributed by atoms with Crippen molar-refractivity contribution in [2.45, 2.75) is 20.0 Å². The number of ether oxygens (including phenoxy) is 2. The molecule has 1 aliphatic rings. The number of alkyl halides is 2. The van der Waals surface area contributed by atoms with Crippen molar-refractivity contribution in [2.24, 2.45) is 0 Å². The third kappa shape index (κ3) is 3.47. The van der Waals surface area contributed by atoms with Crippen LogP contribution in [0.25, 0.3) is 6.08 Å². The second-order valence-electron chi connectivity index (χ2n) is 5.50. The molecule has 0 fully saturated rings. The van der Waals surface area contributed by atoms with Crippen molar-refractivity contribution in [1.82, 2.24) is 0 Å². The van der Waals surface area contributed by atoms with Crippen LogP contribution in [0.15, 0.2) is 42.0 Å². The second kappa shape index (κ2) is 6.93. The fourth-order valence-electron chi connectivity index (χ4n) is 2.81. The van der Waals surface area contributed by atoms with E-state index in [2.05, 4.69) is 4.74 Å². The number of phenols is 1. The van der Waals surface area contributed by atoms with Crippen molar-refractivity contribution >= 4 is 11.9 Å². The lowest BCUT2D eigenvalue weighted by molar-refractivity contribution is -0.0514. The van der Waals surface area contributed by atoms with Crippen LogP contribution in [-0.2, 0) is 6.42 Å². The van der Waals surface area contributed by atoms with Crippen molar-refractivity contribution in [1.29, 1.82) is 0 Å². The Labute approximate surface area is 143 Å². The number of carbonyl (C=O) groups excluding carboxylic acids is 1. The van der Waals surface area contributed by atoms with Gasteiger partial charge < -0.3 is 14.6 Å². The van der Waals surface area contributed by atoms with Gasteiger partial charge in [-0.25, -0.2) is 0 Å². The second-order valence-corrected chi connectivity index (χ2v) is 5.50. The van der Waals surface area contributed by atoms with Gasteiger partial charge >= 0.3 is 6.61 Å². The van der Waals surface area contributed by atoms with E-state index in [0.717, 1.165) is 0 Å². The van der Waals surface area contributed by atoms with Gasteiger partial charge in [-0.2, -0.15) is 8.78 Å². The van der Waals surface area contributed by atoms with Crippen molar-refractivity contribution in [3.05, 3.63) is 58.7 Å². The van der Waals surface area contributed by atoms with Gasteiger partial charge in [0.25, 0.3) is 0 Å². The summed E-state index contributed by atoms with van der Waals surface area (Å²) in [6.45, 7) is -0.924. The average Bonchev–Trinajstić information content (AvgIpc) is 2.88. The van der Waals surface area contributed by atoms with E-state index >= 15 is 0 Å². The standard InChI is InChI=1S/C19H16F2O4/c1-2-24-17-9-11(6-7-16(17)25-19(20)21)8-12-10-14-13(18(12)23)4-3-5-15(14)22/h3-9,19,22H,2,10H2,1H3/b12-8+. The number of fused-ring (bicyclic) bond motifs is 1. The largest absolute Gasteiger partial charge is 0.508 e. The third-order valence-corrected chi connectivity index (χ3v) is 3.88. The fourth-order valence-corrected chi connectivity index (χ4v) is 2.81. The van der Waals surface area contributed by atoms with Gasteiger partial charge in [-0.3, -0.25) is 4.79 Å². The van der Waals surface area contributed by atoms with Crippen LogP contribution in [0.2, 0.25) is 0 Å². The monoisotopic (exact) mass is 346 g/mol. The first-order chi connectivity index (χ1) is 12.0. The molecule has 0 bridgehead atoms. The van der Waals surface area contributed by atoms with Crippen LogP contribution in [0, 0.1) is 0 Å². The van der Waals surface area contributed by atoms with E-state index in [-0.39, 0.29) is 29.6 Å². The number of hydrogen-bond donors (Lipinski definition) is 1. The zero-order valence-corrected chi connectivity index (χ0v) is 13.5. The Hall–Kier alpha value is -2.89. The zero-order chi connectivity index (χ0) is 18.0. The molecule has 6 heteroatoms. The number of Topliss-reactive ketones (excluding diaryl/α,β-unsaturated/α-hetero) is 1. The molecular formula is C19H16F2O4. The van der Waals surface area contributed by atoms with E-state index in [0.29, 0.717) is 28.7 Å². The van der Waals surface area contributed by atoms with Crippen LogP contribution in [0.4, 0.5) is 8.78 Å². The molecule has 2 aromatic carbocycles. The van der Waals surface area contributed by atoms with Crippen LogP contribution in [0.5, 0.6) is 17.2 Å². The molecular weight excluding hydrogens is 330 g/mol. The number of ketones is 1. The van der Waals surface area contributed by atoms with E-state index in [1.807, 2.05) is 0 Å². The van der Waals surface area contributed by atoms with Crippen LogP contribution >= 0.6 is 0 Å². The molecule has 0 aliphatic heterocycles. The highest BCUT2D eigenvalue weighted by Gasteiger charge is 2.27. The highest BCUT2D eigenvalue weighted by atomic mass is 19.3. The fraction of sp³-hybridized carbons (Fsp3) is 0.211. The Bertz CT molecular complexity index is 843. The number of rotatable bonds is 5. The third-order valence-electron chi connectivity index (χ3n) is 3.88. The summed E-state index contributed by atoms with van der Waals surface area (Å²) in [7, 11) is 0. The van der Waals surface area contributed by atoms with Gasteiger partial charge in [-0.1, -0.05) is 18.2 Å². The number of carbonyl (C=O) groups is 1. The Morgan fingerprint density at radius 2 is 2.04 bits per heavy atom. The predicted molar refractivity (Wildman–Crippen MR) is 88.4 cm³/mol. The topological polar surface area (TPSA) is 55.8 Å². The van der Waals surface area contributed by atoms with E-state index < -0.39 is 6.61 Å². The normalized spacial score (nSPS) is 14.9. The number of phenolic OH excluding ortho intramolecular Hbond substituents is 1. The molecule has 0 radical (unpaired) electrons. The molecule has 0 saturated heterocycles. The quantitative estimate of drug-likeness (QED) is 0.824. The van der Waals surface area contributed by atoms with Crippen LogP contribution in [0.3, 0.4) is 0 Å². The molecule has 0 spiro atoms. The molecule has 0 unspecified atom stereocenters. The number of aromatic hydroxyl groups is 1. The average molecular weight is 346 g/mol. The van der Waals surface area contributed by atoms with Crippen molar-refractivity contribution in [3.63, 3.8) is 0 Å². The van der Waals surface area contributed by atoms with Crippen molar-refractivity contribution in [3.8, 4) is 17.2 Å². The van der Waals surface area contributed by atoms with E-state index in [4.69, 9.17) is 4.74 Å².